The van der Waals surface area contributed by atoms with E-state index in [1.165, 1.54) is 4.90 Å². The summed E-state index contributed by atoms with van der Waals surface area (Å²) in [4.78, 5) is 1.45. The van der Waals surface area contributed by atoms with Crippen LogP contribution in [0, 0.1) is 11.8 Å². The molecular weight excluding hydrogens is 362 g/mol. The van der Waals surface area contributed by atoms with E-state index in [2.05, 4.69) is 41.6 Å². The molecule has 2 aromatic carbocycles. The summed E-state index contributed by atoms with van der Waals surface area (Å²) in [5.74, 6) is 6.44. The lowest BCUT2D eigenvalue weighted by Crippen LogP contribution is -3.11. The average molecular weight is 387 g/mol. The van der Waals surface area contributed by atoms with Crippen molar-refractivity contribution < 1.29 is 10.0 Å². The summed E-state index contributed by atoms with van der Waals surface area (Å²) in [5.41, 5.74) is 0.645. The van der Waals surface area contributed by atoms with E-state index in [-0.39, 0.29) is 0 Å². The maximum Gasteiger partial charge on any atom is 0.139 e. The molecule has 0 aliphatic rings. The zero-order chi connectivity index (χ0) is 17.4. The minimum atomic E-state index is -1.09. The van der Waals surface area contributed by atoms with Gasteiger partial charge in [-0.05, 0) is 43.0 Å². The van der Waals surface area contributed by atoms with Crippen LogP contribution in [0.25, 0.3) is 0 Å². The summed E-state index contributed by atoms with van der Waals surface area (Å²) in [5, 5.41) is 11.4. The number of quaternary nitrogens is 1. The molecule has 2 N–H and O–H groups in total. The van der Waals surface area contributed by atoms with Gasteiger partial charge in [0.05, 0.1) is 13.1 Å². The molecule has 126 valence electrons. The number of hydrogen-bond acceptors (Lipinski definition) is 1. The SMILES string of the molecule is CC[NH+](CC)CC#CC[C@@](O)(c1ccccc1)c1ccc(Br)cc1. The van der Waals surface area contributed by atoms with Gasteiger partial charge in [0.25, 0.3) is 0 Å². The van der Waals surface area contributed by atoms with Crippen LogP contribution < -0.4 is 4.90 Å². The zero-order valence-electron chi connectivity index (χ0n) is 14.3. The lowest BCUT2D eigenvalue weighted by atomic mass is 9.84. The number of halogens is 1. The van der Waals surface area contributed by atoms with Crippen molar-refractivity contribution in [3.8, 4) is 11.8 Å². The van der Waals surface area contributed by atoms with Crippen LogP contribution in [0.2, 0.25) is 0 Å². The van der Waals surface area contributed by atoms with Crippen LogP contribution in [0.15, 0.2) is 59.1 Å². The molecule has 0 aliphatic heterocycles. The van der Waals surface area contributed by atoms with Gasteiger partial charge in [0.1, 0.15) is 12.1 Å². The van der Waals surface area contributed by atoms with Crippen molar-refractivity contribution in [1.29, 1.82) is 0 Å². The molecule has 2 nitrogen and oxygen atoms in total. The molecule has 0 saturated heterocycles. The van der Waals surface area contributed by atoms with E-state index in [0.717, 1.165) is 35.2 Å². The number of hydrogen-bond donors (Lipinski definition) is 2. The highest BCUT2D eigenvalue weighted by Gasteiger charge is 2.30. The molecule has 0 saturated carbocycles. The standard InChI is InChI=1S/C21H24BrNO/c1-3-23(4-2)17-9-8-16-21(24,18-10-6-5-7-11-18)19-12-14-20(22)15-13-19/h5-7,10-15,24H,3-4,16-17H2,1-2H3/p+1/t21-/m1/s1. The van der Waals surface area contributed by atoms with E-state index < -0.39 is 5.60 Å². The highest BCUT2D eigenvalue weighted by atomic mass is 79.9. The lowest BCUT2D eigenvalue weighted by molar-refractivity contribution is -0.889. The van der Waals surface area contributed by atoms with Gasteiger partial charge in [-0.25, -0.2) is 0 Å². The summed E-state index contributed by atoms with van der Waals surface area (Å²) in [6.07, 6.45) is 0.388. The minimum Gasteiger partial charge on any atom is -0.379 e. The number of aliphatic hydroxyl groups is 1. The van der Waals surface area contributed by atoms with Crippen molar-refractivity contribution in [3.63, 3.8) is 0 Å². The van der Waals surface area contributed by atoms with Gasteiger partial charge >= 0.3 is 0 Å². The van der Waals surface area contributed by atoms with Crippen LogP contribution in [0.4, 0.5) is 0 Å². The Bertz CT molecular complexity index is 683. The molecule has 0 aliphatic carbocycles. The van der Waals surface area contributed by atoms with Gasteiger partial charge in [-0.15, -0.1) is 0 Å². The first-order valence-electron chi connectivity index (χ1n) is 8.43. The molecule has 0 aromatic heterocycles. The van der Waals surface area contributed by atoms with Crippen molar-refractivity contribution in [2.24, 2.45) is 0 Å². The summed E-state index contributed by atoms with van der Waals surface area (Å²) in [6.45, 7) is 7.30. The Morgan fingerprint density at radius 3 is 2.08 bits per heavy atom. The monoisotopic (exact) mass is 386 g/mol. The number of benzene rings is 2. The lowest BCUT2D eigenvalue weighted by Gasteiger charge is -2.27. The van der Waals surface area contributed by atoms with Gasteiger partial charge in [0.15, 0.2) is 0 Å². The van der Waals surface area contributed by atoms with E-state index in [1.807, 2.05) is 54.6 Å². The Hall–Kier alpha value is -1.60. The van der Waals surface area contributed by atoms with E-state index in [0.29, 0.717) is 6.42 Å². The van der Waals surface area contributed by atoms with E-state index in [1.54, 1.807) is 0 Å². The molecular formula is C21H25BrNO+. The smallest absolute Gasteiger partial charge is 0.139 e. The molecule has 1 atom stereocenters. The van der Waals surface area contributed by atoms with Gasteiger partial charge in [0.2, 0.25) is 0 Å². The van der Waals surface area contributed by atoms with Crippen LogP contribution in [-0.4, -0.2) is 24.7 Å². The largest absolute Gasteiger partial charge is 0.379 e. The maximum absolute atomic E-state index is 11.4. The number of nitrogens with one attached hydrogen (secondary N) is 1. The summed E-state index contributed by atoms with van der Waals surface area (Å²) in [6, 6.07) is 17.6. The van der Waals surface area contributed by atoms with Crippen molar-refractivity contribution in [3.05, 3.63) is 70.2 Å². The second-order valence-corrected chi connectivity index (χ2v) is 6.81. The van der Waals surface area contributed by atoms with Crippen molar-refractivity contribution >= 4 is 15.9 Å². The summed E-state index contributed by atoms with van der Waals surface area (Å²) >= 11 is 3.45. The molecule has 3 heteroatoms. The fourth-order valence-corrected chi connectivity index (χ4v) is 2.95. The average Bonchev–Trinajstić information content (AvgIpc) is 2.63. The van der Waals surface area contributed by atoms with Crippen molar-refractivity contribution in [2.75, 3.05) is 19.6 Å². The van der Waals surface area contributed by atoms with Crippen molar-refractivity contribution in [2.45, 2.75) is 25.9 Å². The second kappa shape index (κ2) is 9.03. The summed E-state index contributed by atoms with van der Waals surface area (Å²) in [7, 11) is 0. The fraction of sp³-hybridized carbons (Fsp3) is 0.333. The second-order valence-electron chi connectivity index (χ2n) is 5.90. The van der Waals surface area contributed by atoms with Crippen LogP contribution >= 0.6 is 15.9 Å². The Morgan fingerprint density at radius 2 is 1.50 bits per heavy atom. The van der Waals surface area contributed by atoms with Crippen LogP contribution in [0.1, 0.15) is 31.4 Å². The first-order valence-corrected chi connectivity index (χ1v) is 9.22. The third kappa shape index (κ3) is 4.70. The predicted octanol–water partition coefficient (Wildman–Crippen LogP) is 3.00. The van der Waals surface area contributed by atoms with Gasteiger partial charge in [-0.1, -0.05) is 64.3 Å². The topological polar surface area (TPSA) is 24.7 Å². The maximum atomic E-state index is 11.4. The fourth-order valence-electron chi connectivity index (χ4n) is 2.69. The predicted molar refractivity (Wildman–Crippen MR) is 103 cm³/mol. The van der Waals surface area contributed by atoms with Gasteiger partial charge in [-0.2, -0.15) is 0 Å². The first-order chi connectivity index (χ1) is 11.6. The van der Waals surface area contributed by atoms with Gasteiger partial charge < -0.3 is 10.0 Å². The molecule has 0 fully saturated rings. The highest BCUT2D eigenvalue weighted by Crippen LogP contribution is 2.33. The number of rotatable bonds is 6. The first kappa shape index (κ1) is 18.7. The normalized spacial score (nSPS) is 13.2. The third-order valence-electron chi connectivity index (χ3n) is 4.38. The van der Waals surface area contributed by atoms with Crippen LogP contribution in [0.5, 0.6) is 0 Å². The zero-order valence-corrected chi connectivity index (χ0v) is 15.9. The highest BCUT2D eigenvalue weighted by molar-refractivity contribution is 9.10. The van der Waals surface area contributed by atoms with E-state index in [4.69, 9.17) is 0 Å². The molecule has 2 aromatic rings. The Balaban J connectivity index is 2.27. The molecule has 0 amide bonds. The third-order valence-corrected chi connectivity index (χ3v) is 4.91. The van der Waals surface area contributed by atoms with Gasteiger partial charge in [0, 0.05) is 10.9 Å². The molecule has 0 heterocycles. The molecule has 0 spiro atoms. The summed E-state index contributed by atoms with van der Waals surface area (Å²) < 4.78 is 0.998. The van der Waals surface area contributed by atoms with Crippen molar-refractivity contribution in [1.82, 2.24) is 0 Å². The van der Waals surface area contributed by atoms with Gasteiger partial charge in [-0.3, -0.25) is 0 Å². The minimum absolute atomic E-state index is 0.388. The Morgan fingerprint density at radius 1 is 0.917 bits per heavy atom. The van der Waals surface area contributed by atoms with E-state index in [9.17, 15) is 5.11 Å². The molecule has 0 bridgehead atoms. The quantitative estimate of drug-likeness (QED) is 0.732. The molecule has 0 radical (unpaired) electrons. The van der Waals surface area contributed by atoms with Crippen LogP contribution in [-0.2, 0) is 5.60 Å². The van der Waals surface area contributed by atoms with E-state index >= 15 is 0 Å². The Labute approximate surface area is 153 Å². The molecule has 24 heavy (non-hydrogen) atoms. The molecule has 2 rings (SSSR count). The Kier molecular flexibility index (Phi) is 7.05. The van der Waals surface area contributed by atoms with Crippen LogP contribution in [0.3, 0.4) is 0 Å². The molecule has 0 unspecified atom stereocenters.